The summed E-state index contributed by atoms with van der Waals surface area (Å²) in [4.78, 5) is 28.7. The summed E-state index contributed by atoms with van der Waals surface area (Å²) in [5.74, 6) is 0.598. The lowest BCUT2D eigenvalue weighted by Gasteiger charge is -2.39. The molecule has 1 aliphatic heterocycles. The maximum absolute atomic E-state index is 12.6. The number of aryl methyl sites for hydroxylation is 1. The molecule has 1 amide bonds. The fourth-order valence-corrected chi connectivity index (χ4v) is 3.03. The predicted octanol–water partition coefficient (Wildman–Crippen LogP) is 1.64. The normalized spacial score (nSPS) is 14.1. The fraction of sp³-hybridized carbons (Fsp3) is 0.211. The van der Waals surface area contributed by atoms with E-state index >= 15 is 0 Å². The molecule has 1 aromatic heterocycles. The molecule has 2 aromatic carbocycles. The van der Waals surface area contributed by atoms with Crippen LogP contribution in [0.25, 0.3) is 11.0 Å². The molecule has 0 bridgehead atoms. The molecule has 0 radical (unpaired) electrons. The number of ether oxygens (including phenoxy) is 1. The number of amides is 1. The van der Waals surface area contributed by atoms with E-state index in [1.54, 1.807) is 54.4 Å². The number of imidazole rings is 1. The van der Waals surface area contributed by atoms with E-state index in [9.17, 15) is 9.59 Å². The number of hydrogen-bond donors (Lipinski definition) is 1. The summed E-state index contributed by atoms with van der Waals surface area (Å²) in [6.45, 7) is 1.00. The zero-order valence-corrected chi connectivity index (χ0v) is 14.1. The fourth-order valence-electron chi connectivity index (χ4n) is 3.03. The van der Waals surface area contributed by atoms with Gasteiger partial charge in [0.1, 0.15) is 11.9 Å². The van der Waals surface area contributed by atoms with Crippen LogP contribution in [0.5, 0.6) is 5.75 Å². The topological polar surface area (TPSA) is 91.1 Å². The Morgan fingerprint density at radius 1 is 1.23 bits per heavy atom. The van der Waals surface area contributed by atoms with Gasteiger partial charge in [-0.2, -0.15) is 5.26 Å². The minimum Gasteiger partial charge on any atom is -0.487 e. The molecule has 26 heavy (non-hydrogen) atoms. The number of fused-ring (bicyclic) bond motifs is 1. The minimum absolute atomic E-state index is 0.0628. The van der Waals surface area contributed by atoms with Gasteiger partial charge in [-0.15, -0.1) is 0 Å². The first-order valence-corrected chi connectivity index (χ1v) is 8.20. The maximum Gasteiger partial charge on any atom is 0.326 e. The highest BCUT2D eigenvalue weighted by molar-refractivity contribution is 5.97. The predicted molar refractivity (Wildman–Crippen MR) is 95.0 cm³/mol. The molecule has 4 rings (SSSR count). The Morgan fingerprint density at radius 2 is 1.96 bits per heavy atom. The molecule has 7 heteroatoms. The zero-order valence-electron chi connectivity index (χ0n) is 14.1. The number of H-pyrrole nitrogens is 1. The molecule has 1 aliphatic rings. The van der Waals surface area contributed by atoms with Gasteiger partial charge in [0.2, 0.25) is 0 Å². The Hall–Kier alpha value is -3.53. The Bertz CT molecular complexity index is 1080. The third kappa shape index (κ3) is 2.71. The highest BCUT2D eigenvalue weighted by Gasteiger charge is 2.33. The van der Waals surface area contributed by atoms with Crippen molar-refractivity contribution in [2.45, 2.75) is 6.10 Å². The molecule has 130 valence electrons. The Kier molecular flexibility index (Phi) is 3.73. The molecule has 0 atom stereocenters. The van der Waals surface area contributed by atoms with Gasteiger partial charge < -0.3 is 14.6 Å². The van der Waals surface area contributed by atoms with Gasteiger partial charge in [0, 0.05) is 12.6 Å². The molecule has 1 saturated heterocycles. The van der Waals surface area contributed by atoms with Crippen molar-refractivity contribution in [2.24, 2.45) is 7.05 Å². The molecule has 0 spiro atoms. The quantitative estimate of drug-likeness (QED) is 0.779. The van der Waals surface area contributed by atoms with Gasteiger partial charge in [-0.25, -0.2) is 4.79 Å². The lowest BCUT2D eigenvalue weighted by Crippen LogP contribution is -2.56. The number of nitriles is 1. The molecule has 3 aromatic rings. The van der Waals surface area contributed by atoms with Crippen molar-refractivity contribution in [3.63, 3.8) is 0 Å². The molecule has 1 fully saturated rings. The van der Waals surface area contributed by atoms with E-state index in [4.69, 9.17) is 10.00 Å². The molecule has 0 aliphatic carbocycles. The van der Waals surface area contributed by atoms with Crippen molar-refractivity contribution in [1.29, 1.82) is 5.26 Å². The molecular weight excluding hydrogens is 332 g/mol. The van der Waals surface area contributed by atoms with Crippen LogP contribution in [0.15, 0.2) is 47.3 Å². The Morgan fingerprint density at radius 3 is 2.65 bits per heavy atom. The van der Waals surface area contributed by atoms with Crippen LogP contribution in [0.3, 0.4) is 0 Å². The number of benzene rings is 2. The van der Waals surface area contributed by atoms with E-state index in [0.717, 1.165) is 5.52 Å². The van der Waals surface area contributed by atoms with Gasteiger partial charge in [-0.05, 0) is 42.5 Å². The monoisotopic (exact) mass is 348 g/mol. The summed E-state index contributed by atoms with van der Waals surface area (Å²) in [7, 11) is 1.68. The number of aromatic nitrogens is 2. The average Bonchev–Trinajstić information content (AvgIpc) is 2.91. The molecule has 2 heterocycles. The van der Waals surface area contributed by atoms with Crippen LogP contribution in [-0.4, -0.2) is 39.6 Å². The smallest absolute Gasteiger partial charge is 0.326 e. The number of hydrogen-bond acceptors (Lipinski definition) is 4. The van der Waals surface area contributed by atoms with E-state index in [1.807, 2.05) is 0 Å². The minimum atomic E-state index is -0.204. The molecule has 7 nitrogen and oxygen atoms in total. The number of aromatic amines is 1. The SMILES string of the molecule is Cn1c(=O)[nH]c2cc(C(=O)N3CC(Oc4ccc(C#N)cc4)C3)ccc21. The Labute approximate surface area is 149 Å². The van der Waals surface area contributed by atoms with Crippen molar-refractivity contribution >= 4 is 16.9 Å². The lowest BCUT2D eigenvalue weighted by atomic mass is 10.1. The van der Waals surface area contributed by atoms with Crippen LogP contribution in [0.4, 0.5) is 0 Å². The van der Waals surface area contributed by atoms with E-state index in [2.05, 4.69) is 11.1 Å². The number of rotatable bonds is 3. The summed E-state index contributed by atoms with van der Waals surface area (Å²) in [6.07, 6.45) is -0.0628. The van der Waals surface area contributed by atoms with Gasteiger partial charge >= 0.3 is 5.69 Å². The average molecular weight is 348 g/mol. The summed E-state index contributed by atoms with van der Waals surface area (Å²) in [5.41, 5.74) is 2.32. The first-order valence-electron chi connectivity index (χ1n) is 8.20. The highest BCUT2D eigenvalue weighted by Crippen LogP contribution is 2.21. The van der Waals surface area contributed by atoms with Crippen LogP contribution < -0.4 is 10.4 Å². The molecule has 1 N–H and O–H groups in total. The van der Waals surface area contributed by atoms with E-state index in [0.29, 0.717) is 35.5 Å². The zero-order chi connectivity index (χ0) is 18.3. The summed E-state index contributed by atoms with van der Waals surface area (Å²) in [5, 5.41) is 8.80. The van der Waals surface area contributed by atoms with Crippen molar-refractivity contribution in [1.82, 2.24) is 14.5 Å². The standard InChI is InChI=1S/C19H16N4O3/c1-22-17-7-4-13(8-16(17)21-19(22)25)18(24)23-10-15(11-23)26-14-5-2-12(9-20)3-6-14/h2-8,15H,10-11H2,1H3,(H,21,25). The largest absolute Gasteiger partial charge is 0.487 e. The summed E-state index contributed by atoms with van der Waals surface area (Å²) < 4.78 is 7.31. The highest BCUT2D eigenvalue weighted by atomic mass is 16.5. The van der Waals surface area contributed by atoms with Crippen LogP contribution in [-0.2, 0) is 7.05 Å². The van der Waals surface area contributed by atoms with Crippen LogP contribution in [0.1, 0.15) is 15.9 Å². The van der Waals surface area contributed by atoms with Crippen LogP contribution in [0.2, 0.25) is 0 Å². The van der Waals surface area contributed by atoms with Gasteiger partial charge in [0.05, 0.1) is 35.8 Å². The van der Waals surface area contributed by atoms with Gasteiger partial charge in [0.15, 0.2) is 0 Å². The number of carbonyl (C=O) groups is 1. The lowest BCUT2D eigenvalue weighted by molar-refractivity contribution is 0.0178. The van der Waals surface area contributed by atoms with E-state index in [1.165, 1.54) is 4.57 Å². The number of likely N-dealkylation sites (tertiary alicyclic amines) is 1. The number of carbonyl (C=O) groups excluding carboxylic acids is 1. The summed E-state index contributed by atoms with van der Waals surface area (Å²) in [6, 6.07) is 14.2. The molecule has 0 unspecified atom stereocenters. The number of nitrogens with zero attached hydrogens (tertiary/aromatic N) is 3. The van der Waals surface area contributed by atoms with Gasteiger partial charge in [0.25, 0.3) is 5.91 Å². The molecule has 0 saturated carbocycles. The second kappa shape index (κ2) is 6.08. The van der Waals surface area contributed by atoms with E-state index < -0.39 is 0 Å². The van der Waals surface area contributed by atoms with Gasteiger partial charge in [-0.3, -0.25) is 9.36 Å². The van der Waals surface area contributed by atoms with Crippen LogP contribution >= 0.6 is 0 Å². The van der Waals surface area contributed by atoms with Crippen molar-refractivity contribution in [3.05, 3.63) is 64.1 Å². The van der Waals surface area contributed by atoms with Crippen molar-refractivity contribution in [2.75, 3.05) is 13.1 Å². The maximum atomic E-state index is 12.6. The number of nitrogens with one attached hydrogen (secondary N) is 1. The Balaban J connectivity index is 1.41. The van der Waals surface area contributed by atoms with Gasteiger partial charge in [-0.1, -0.05) is 0 Å². The van der Waals surface area contributed by atoms with Crippen molar-refractivity contribution in [3.8, 4) is 11.8 Å². The second-order valence-corrected chi connectivity index (χ2v) is 6.31. The summed E-state index contributed by atoms with van der Waals surface area (Å²) >= 11 is 0. The van der Waals surface area contributed by atoms with Crippen LogP contribution in [0, 0.1) is 11.3 Å². The second-order valence-electron chi connectivity index (χ2n) is 6.31. The third-order valence-corrected chi connectivity index (χ3v) is 4.57. The van der Waals surface area contributed by atoms with Crippen molar-refractivity contribution < 1.29 is 9.53 Å². The first kappa shape index (κ1) is 16.0. The van der Waals surface area contributed by atoms with E-state index in [-0.39, 0.29) is 17.7 Å². The molecular formula is C19H16N4O3. The first-order chi connectivity index (χ1) is 12.5. The third-order valence-electron chi connectivity index (χ3n) is 4.57.